The van der Waals surface area contributed by atoms with Gasteiger partial charge in [-0.15, -0.1) is 0 Å². The first-order valence-corrected chi connectivity index (χ1v) is 8.53. The second-order valence-corrected chi connectivity index (χ2v) is 6.09. The van der Waals surface area contributed by atoms with Crippen molar-refractivity contribution in [2.45, 2.75) is 6.54 Å². The van der Waals surface area contributed by atoms with Crippen molar-refractivity contribution in [3.63, 3.8) is 0 Å². The molecule has 0 aliphatic heterocycles. The first kappa shape index (κ1) is 18.7. The molecule has 5 nitrogen and oxygen atoms in total. The summed E-state index contributed by atoms with van der Waals surface area (Å²) in [5.74, 6) is 0.456. The van der Waals surface area contributed by atoms with Crippen LogP contribution in [0.3, 0.4) is 0 Å². The lowest BCUT2D eigenvalue weighted by Gasteiger charge is -2.09. The maximum atomic E-state index is 13.6. The number of nitrogens with zero attached hydrogens (tertiary/aromatic N) is 1. The van der Waals surface area contributed by atoms with E-state index in [1.807, 2.05) is 0 Å². The molecule has 0 aliphatic rings. The van der Waals surface area contributed by atoms with Crippen LogP contribution in [0.25, 0.3) is 0 Å². The standard InChI is InChI=1S/C20H17ClFN3O2/c1-27-18-8-7-15(10-16(18)21)25-19-9-6-14(12-23-19)20(26)24-11-13-4-2-3-5-17(13)22/h2-10,12H,11H2,1H3,(H,23,25)(H,24,26). The molecule has 7 heteroatoms. The molecule has 2 aromatic carbocycles. The molecule has 0 unspecified atom stereocenters. The quantitative estimate of drug-likeness (QED) is 0.653. The van der Waals surface area contributed by atoms with E-state index < -0.39 is 0 Å². The Bertz CT molecular complexity index is 948. The van der Waals surface area contributed by atoms with Gasteiger partial charge in [0.25, 0.3) is 5.91 Å². The highest BCUT2D eigenvalue weighted by Gasteiger charge is 2.08. The number of anilines is 2. The normalized spacial score (nSPS) is 10.3. The minimum atomic E-state index is -0.353. The summed E-state index contributed by atoms with van der Waals surface area (Å²) < 4.78 is 18.7. The van der Waals surface area contributed by atoms with E-state index in [4.69, 9.17) is 16.3 Å². The second-order valence-electron chi connectivity index (χ2n) is 5.68. The van der Waals surface area contributed by atoms with E-state index in [1.54, 1.807) is 55.6 Å². The Balaban J connectivity index is 1.62. The lowest BCUT2D eigenvalue weighted by Crippen LogP contribution is -2.23. The minimum absolute atomic E-state index is 0.107. The first-order chi connectivity index (χ1) is 13.1. The molecule has 1 heterocycles. The highest BCUT2D eigenvalue weighted by Crippen LogP contribution is 2.28. The number of benzene rings is 2. The van der Waals surface area contributed by atoms with Gasteiger partial charge in [-0.1, -0.05) is 29.8 Å². The number of hydrogen-bond acceptors (Lipinski definition) is 4. The van der Waals surface area contributed by atoms with Gasteiger partial charge in [0.1, 0.15) is 17.4 Å². The fourth-order valence-corrected chi connectivity index (χ4v) is 2.67. The summed E-state index contributed by atoms with van der Waals surface area (Å²) >= 11 is 6.09. The number of amides is 1. The fraction of sp³-hybridized carbons (Fsp3) is 0.100. The molecule has 3 rings (SSSR count). The van der Waals surface area contributed by atoms with Crippen molar-refractivity contribution < 1.29 is 13.9 Å². The lowest BCUT2D eigenvalue weighted by molar-refractivity contribution is 0.0950. The SMILES string of the molecule is COc1ccc(Nc2ccc(C(=O)NCc3ccccc3F)cn2)cc1Cl. The monoisotopic (exact) mass is 385 g/mol. The topological polar surface area (TPSA) is 63.2 Å². The van der Waals surface area contributed by atoms with E-state index in [2.05, 4.69) is 15.6 Å². The van der Waals surface area contributed by atoms with Crippen molar-refractivity contribution in [3.05, 3.63) is 82.8 Å². The van der Waals surface area contributed by atoms with E-state index in [-0.39, 0.29) is 18.3 Å². The number of carbonyl (C=O) groups is 1. The Morgan fingerprint density at radius 3 is 2.67 bits per heavy atom. The molecule has 0 saturated heterocycles. The average Bonchev–Trinajstić information content (AvgIpc) is 2.68. The summed E-state index contributed by atoms with van der Waals surface area (Å²) in [5.41, 5.74) is 1.54. The van der Waals surface area contributed by atoms with Crippen LogP contribution in [0.1, 0.15) is 15.9 Å². The number of rotatable bonds is 6. The smallest absolute Gasteiger partial charge is 0.253 e. The lowest BCUT2D eigenvalue weighted by atomic mass is 10.2. The number of pyridine rings is 1. The Kier molecular flexibility index (Phi) is 5.88. The Morgan fingerprint density at radius 1 is 1.19 bits per heavy atom. The predicted octanol–water partition coefficient (Wildman–Crippen LogP) is 4.56. The molecule has 0 fully saturated rings. The summed E-state index contributed by atoms with van der Waals surface area (Å²) in [5, 5.41) is 6.25. The first-order valence-electron chi connectivity index (χ1n) is 8.15. The van der Waals surface area contributed by atoms with Crippen LogP contribution in [0.5, 0.6) is 5.75 Å². The maximum absolute atomic E-state index is 13.6. The van der Waals surface area contributed by atoms with E-state index in [0.29, 0.717) is 27.7 Å². The summed E-state index contributed by atoms with van der Waals surface area (Å²) in [4.78, 5) is 16.4. The molecule has 27 heavy (non-hydrogen) atoms. The van der Waals surface area contributed by atoms with Gasteiger partial charge in [0, 0.05) is 24.0 Å². The van der Waals surface area contributed by atoms with Crippen LogP contribution in [-0.4, -0.2) is 18.0 Å². The molecule has 0 saturated carbocycles. The van der Waals surface area contributed by atoms with E-state index >= 15 is 0 Å². The highest BCUT2D eigenvalue weighted by molar-refractivity contribution is 6.32. The van der Waals surface area contributed by atoms with Crippen LogP contribution in [0.15, 0.2) is 60.8 Å². The van der Waals surface area contributed by atoms with Crippen LogP contribution in [0.4, 0.5) is 15.9 Å². The molecule has 0 atom stereocenters. The number of methoxy groups -OCH3 is 1. The predicted molar refractivity (Wildman–Crippen MR) is 103 cm³/mol. The number of nitrogens with one attached hydrogen (secondary N) is 2. The Labute approximate surface area is 161 Å². The third-order valence-corrected chi connectivity index (χ3v) is 4.14. The molecule has 0 spiro atoms. The van der Waals surface area contributed by atoms with Crippen LogP contribution < -0.4 is 15.4 Å². The van der Waals surface area contributed by atoms with Crippen LogP contribution >= 0.6 is 11.6 Å². The fourth-order valence-electron chi connectivity index (χ4n) is 2.41. The number of aromatic nitrogens is 1. The third-order valence-electron chi connectivity index (χ3n) is 3.85. The Morgan fingerprint density at radius 2 is 2.00 bits per heavy atom. The van der Waals surface area contributed by atoms with E-state index in [9.17, 15) is 9.18 Å². The largest absolute Gasteiger partial charge is 0.495 e. The molecule has 0 bridgehead atoms. The molecule has 138 valence electrons. The number of ether oxygens (including phenoxy) is 1. The summed E-state index contributed by atoms with van der Waals surface area (Å²) in [6.45, 7) is 0.107. The van der Waals surface area contributed by atoms with E-state index in [0.717, 1.165) is 5.69 Å². The molecule has 0 aliphatic carbocycles. The average molecular weight is 386 g/mol. The molecule has 0 radical (unpaired) electrons. The van der Waals surface area contributed by atoms with Gasteiger partial charge in [-0.2, -0.15) is 0 Å². The van der Waals surface area contributed by atoms with Gasteiger partial charge in [0.15, 0.2) is 0 Å². The zero-order valence-corrected chi connectivity index (χ0v) is 15.3. The third kappa shape index (κ3) is 4.74. The van der Waals surface area contributed by atoms with Gasteiger partial charge in [-0.3, -0.25) is 4.79 Å². The highest BCUT2D eigenvalue weighted by atomic mass is 35.5. The second kappa shape index (κ2) is 8.51. The van der Waals surface area contributed by atoms with Crippen molar-refractivity contribution in [3.8, 4) is 5.75 Å². The molecule has 1 aromatic heterocycles. The number of hydrogen-bond donors (Lipinski definition) is 2. The summed E-state index contributed by atoms with van der Waals surface area (Å²) in [6.07, 6.45) is 1.45. The van der Waals surface area contributed by atoms with Gasteiger partial charge < -0.3 is 15.4 Å². The van der Waals surface area contributed by atoms with Crippen molar-refractivity contribution in [1.29, 1.82) is 0 Å². The molecule has 3 aromatic rings. The number of carbonyl (C=O) groups excluding carboxylic acids is 1. The number of halogens is 2. The van der Waals surface area contributed by atoms with Crippen molar-refractivity contribution >= 4 is 29.0 Å². The van der Waals surface area contributed by atoms with Gasteiger partial charge in [-0.05, 0) is 36.4 Å². The zero-order chi connectivity index (χ0) is 19.2. The maximum Gasteiger partial charge on any atom is 0.253 e. The van der Waals surface area contributed by atoms with Crippen molar-refractivity contribution in [2.24, 2.45) is 0 Å². The van der Waals surface area contributed by atoms with Gasteiger partial charge >= 0.3 is 0 Å². The minimum Gasteiger partial charge on any atom is -0.495 e. The van der Waals surface area contributed by atoms with Gasteiger partial charge in [0.05, 0.1) is 17.7 Å². The molecule has 2 N–H and O–H groups in total. The molecule has 1 amide bonds. The summed E-state index contributed by atoms with van der Waals surface area (Å²) in [6, 6.07) is 14.9. The zero-order valence-electron chi connectivity index (χ0n) is 14.5. The summed E-state index contributed by atoms with van der Waals surface area (Å²) in [7, 11) is 1.55. The van der Waals surface area contributed by atoms with E-state index in [1.165, 1.54) is 12.3 Å². The van der Waals surface area contributed by atoms with Crippen LogP contribution in [0.2, 0.25) is 5.02 Å². The molecular formula is C20H17ClFN3O2. The van der Waals surface area contributed by atoms with Crippen molar-refractivity contribution in [2.75, 3.05) is 12.4 Å². The van der Waals surface area contributed by atoms with Crippen LogP contribution in [0, 0.1) is 5.82 Å². The van der Waals surface area contributed by atoms with Gasteiger partial charge in [-0.25, -0.2) is 9.37 Å². The molecular weight excluding hydrogens is 369 g/mol. The van der Waals surface area contributed by atoms with Crippen LogP contribution in [-0.2, 0) is 6.54 Å². The Hall–Kier alpha value is -3.12. The van der Waals surface area contributed by atoms with Gasteiger partial charge in [0.2, 0.25) is 0 Å². The van der Waals surface area contributed by atoms with Crippen molar-refractivity contribution in [1.82, 2.24) is 10.3 Å².